The van der Waals surface area contributed by atoms with Crippen molar-refractivity contribution in [2.45, 2.75) is 19.3 Å². The van der Waals surface area contributed by atoms with Gasteiger partial charge < -0.3 is 0 Å². The van der Waals surface area contributed by atoms with Crippen LogP contribution in [0.15, 0.2) is 4.79 Å². The molecule has 1 aliphatic carbocycles. The zero-order valence-electron chi connectivity index (χ0n) is 6.05. The van der Waals surface area contributed by atoms with Crippen LogP contribution in [0.3, 0.4) is 0 Å². The zero-order chi connectivity index (χ0) is 7.30. The number of aryl methyl sites for hydroxylation is 1. The molecule has 10 heavy (non-hydrogen) atoms. The molecule has 54 valence electrons. The first-order chi connectivity index (χ1) is 4.75. The first kappa shape index (κ1) is 6.16. The highest BCUT2D eigenvalue weighted by atomic mass is 32.1. The van der Waals surface area contributed by atoms with E-state index in [1.807, 2.05) is 7.05 Å². The molecular weight excluding hydrogens is 146 g/mol. The van der Waals surface area contributed by atoms with Crippen LogP contribution in [-0.2, 0) is 7.05 Å². The second-order valence-corrected chi connectivity index (χ2v) is 3.80. The summed E-state index contributed by atoms with van der Waals surface area (Å²) >= 11 is 1.60. The van der Waals surface area contributed by atoms with Crippen molar-refractivity contribution < 1.29 is 0 Å². The molecule has 0 saturated heterocycles. The third-order valence-electron chi connectivity index (χ3n) is 2.01. The van der Waals surface area contributed by atoms with Gasteiger partial charge in [-0.15, -0.1) is 0 Å². The molecule has 1 aromatic rings. The van der Waals surface area contributed by atoms with Crippen LogP contribution in [0.4, 0.5) is 0 Å². The van der Waals surface area contributed by atoms with Crippen molar-refractivity contribution in [1.29, 1.82) is 0 Å². The fourth-order valence-corrected chi connectivity index (χ4v) is 2.52. The molecule has 1 aromatic heterocycles. The minimum atomic E-state index is 0.229. The van der Waals surface area contributed by atoms with Crippen LogP contribution in [0, 0.1) is 0 Å². The number of aromatic nitrogens is 1. The SMILES string of the molecule is CCC1c2sn(C)c(=O)c21. The largest absolute Gasteiger partial charge is 0.268 e. The molecule has 0 N–H and O–H groups in total. The van der Waals surface area contributed by atoms with Gasteiger partial charge in [-0.3, -0.25) is 8.75 Å². The van der Waals surface area contributed by atoms with E-state index in [1.54, 1.807) is 15.5 Å². The molecule has 2 nitrogen and oxygen atoms in total. The number of rotatable bonds is 1. The molecule has 0 fully saturated rings. The molecule has 0 saturated carbocycles. The Morgan fingerprint density at radius 2 is 2.40 bits per heavy atom. The summed E-state index contributed by atoms with van der Waals surface area (Å²) in [5, 5.41) is 0. The van der Waals surface area contributed by atoms with Gasteiger partial charge >= 0.3 is 0 Å². The Hall–Kier alpha value is -0.570. The zero-order valence-corrected chi connectivity index (χ0v) is 6.86. The second-order valence-electron chi connectivity index (χ2n) is 2.63. The van der Waals surface area contributed by atoms with Crippen LogP contribution >= 0.6 is 11.5 Å². The van der Waals surface area contributed by atoms with Crippen LogP contribution in [0.2, 0.25) is 0 Å². The Bertz CT molecular complexity index is 323. The van der Waals surface area contributed by atoms with Gasteiger partial charge in [-0.1, -0.05) is 18.5 Å². The number of fused-ring (bicyclic) bond motifs is 1. The van der Waals surface area contributed by atoms with Gasteiger partial charge in [-0.25, -0.2) is 0 Å². The smallest absolute Gasteiger partial charge is 0.264 e. The van der Waals surface area contributed by atoms with Gasteiger partial charge in [0.05, 0.1) is 0 Å². The minimum absolute atomic E-state index is 0.229. The van der Waals surface area contributed by atoms with Crippen molar-refractivity contribution in [3.8, 4) is 0 Å². The Balaban J connectivity index is 2.49. The lowest BCUT2D eigenvalue weighted by Crippen LogP contribution is -2.10. The highest BCUT2D eigenvalue weighted by molar-refractivity contribution is 7.07. The molecule has 0 spiro atoms. The van der Waals surface area contributed by atoms with E-state index in [0.29, 0.717) is 5.92 Å². The van der Waals surface area contributed by atoms with Crippen molar-refractivity contribution in [2.75, 3.05) is 0 Å². The summed E-state index contributed by atoms with van der Waals surface area (Å²) in [7, 11) is 1.83. The minimum Gasteiger partial charge on any atom is -0.268 e. The molecule has 1 atom stereocenters. The van der Waals surface area contributed by atoms with Gasteiger partial charge in [0.2, 0.25) is 0 Å². The van der Waals surface area contributed by atoms with Gasteiger partial charge in [0.1, 0.15) is 0 Å². The predicted molar refractivity (Wildman–Crippen MR) is 41.7 cm³/mol. The normalized spacial score (nSPS) is 20.8. The summed E-state index contributed by atoms with van der Waals surface area (Å²) in [6.45, 7) is 2.12. The summed E-state index contributed by atoms with van der Waals surface area (Å²) in [5.41, 5.74) is 1.31. The molecule has 1 aliphatic rings. The topological polar surface area (TPSA) is 22.0 Å². The molecule has 0 aliphatic heterocycles. The number of nitrogens with zero attached hydrogens (tertiary/aromatic N) is 1. The van der Waals surface area contributed by atoms with Crippen LogP contribution in [0.5, 0.6) is 0 Å². The van der Waals surface area contributed by atoms with E-state index in [4.69, 9.17) is 0 Å². The van der Waals surface area contributed by atoms with Crippen LogP contribution < -0.4 is 5.56 Å². The summed E-state index contributed by atoms with van der Waals surface area (Å²) < 4.78 is 1.71. The molecule has 3 heteroatoms. The molecular formula is C7H9NOS. The Kier molecular flexibility index (Phi) is 1.06. The van der Waals surface area contributed by atoms with Crippen LogP contribution in [-0.4, -0.2) is 3.96 Å². The summed E-state index contributed by atoms with van der Waals surface area (Å²) in [5.74, 6) is 0.536. The van der Waals surface area contributed by atoms with Gasteiger partial charge in [0, 0.05) is 23.4 Å². The number of hydrogen-bond acceptors (Lipinski definition) is 2. The first-order valence-electron chi connectivity index (χ1n) is 3.45. The van der Waals surface area contributed by atoms with E-state index >= 15 is 0 Å². The van der Waals surface area contributed by atoms with Gasteiger partial charge in [0.15, 0.2) is 0 Å². The van der Waals surface area contributed by atoms with E-state index < -0.39 is 0 Å². The lowest BCUT2D eigenvalue weighted by atomic mass is 10.3. The highest BCUT2D eigenvalue weighted by Gasteiger charge is 2.38. The van der Waals surface area contributed by atoms with Gasteiger partial charge in [-0.05, 0) is 6.42 Å². The van der Waals surface area contributed by atoms with Crippen molar-refractivity contribution >= 4 is 11.5 Å². The van der Waals surface area contributed by atoms with Gasteiger partial charge in [0.25, 0.3) is 5.56 Å². The standard InChI is InChI=1S/C7H9NOS/c1-3-4-5-6(4)10-8(2)7(5)9/h4H,3H2,1-2H3. The lowest BCUT2D eigenvalue weighted by molar-refractivity contribution is 0.874. The average molecular weight is 155 g/mol. The molecule has 0 radical (unpaired) electrons. The molecule has 0 amide bonds. The van der Waals surface area contributed by atoms with E-state index in [-0.39, 0.29) is 5.56 Å². The summed E-state index contributed by atoms with van der Waals surface area (Å²) in [4.78, 5) is 12.5. The number of hydrogen-bond donors (Lipinski definition) is 0. The molecule has 1 unspecified atom stereocenters. The lowest BCUT2D eigenvalue weighted by Gasteiger charge is -1.90. The molecule has 1 heterocycles. The average Bonchev–Trinajstić information content (AvgIpc) is 2.52. The fourth-order valence-electron chi connectivity index (χ4n) is 1.36. The van der Waals surface area contributed by atoms with Crippen molar-refractivity contribution in [3.63, 3.8) is 0 Å². The monoisotopic (exact) mass is 155 g/mol. The van der Waals surface area contributed by atoms with Gasteiger partial charge in [-0.2, -0.15) is 0 Å². The Morgan fingerprint density at radius 3 is 2.80 bits per heavy atom. The first-order valence-corrected chi connectivity index (χ1v) is 4.23. The van der Waals surface area contributed by atoms with E-state index in [0.717, 1.165) is 12.0 Å². The second kappa shape index (κ2) is 1.72. The third kappa shape index (κ3) is 0.560. The molecule has 2 rings (SSSR count). The Morgan fingerprint density at radius 1 is 1.70 bits per heavy atom. The molecule has 0 aromatic carbocycles. The van der Waals surface area contributed by atoms with Crippen LogP contribution in [0.25, 0.3) is 0 Å². The van der Waals surface area contributed by atoms with E-state index in [2.05, 4.69) is 6.92 Å². The van der Waals surface area contributed by atoms with Crippen LogP contribution in [0.1, 0.15) is 29.7 Å². The van der Waals surface area contributed by atoms with E-state index in [9.17, 15) is 4.79 Å². The van der Waals surface area contributed by atoms with Crippen molar-refractivity contribution in [1.82, 2.24) is 3.96 Å². The maximum atomic E-state index is 11.2. The van der Waals surface area contributed by atoms with Crippen molar-refractivity contribution in [3.05, 3.63) is 20.8 Å². The summed E-state index contributed by atoms with van der Waals surface area (Å²) in [6.07, 6.45) is 1.09. The maximum absolute atomic E-state index is 11.2. The van der Waals surface area contributed by atoms with E-state index in [1.165, 1.54) is 4.88 Å². The van der Waals surface area contributed by atoms with Crippen molar-refractivity contribution in [2.24, 2.45) is 7.05 Å². The molecule has 0 bridgehead atoms. The fraction of sp³-hybridized carbons (Fsp3) is 0.571. The Labute approximate surface area is 63.3 Å². The third-order valence-corrected chi connectivity index (χ3v) is 3.15. The highest BCUT2D eigenvalue weighted by Crippen LogP contribution is 2.46. The summed E-state index contributed by atoms with van der Waals surface area (Å²) in [6, 6.07) is 0. The maximum Gasteiger partial charge on any atom is 0.264 e. The quantitative estimate of drug-likeness (QED) is 0.599. The predicted octanol–water partition coefficient (Wildman–Crippen LogP) is 1.30.